The molecule has 0 spiro atoms. The predicted octanol–water partition coefficient (Wildman–Crippen LogP) is 3.36. The van der Waals surface area contributed by atoms with Crippen molar-refractivity contribution < 1.29 is 4.74 Å². The SMILES string of the molecule is C#CCCCCOc1ccc2c(c1)CCC2. The van der Waals surface area contributed by atoms with E-state index in [9.17, 15) is 0 Å². The minimum Gasteiger partial charge on any atom is -0.494 e. The largest absolute Gasteiger partial charge is 0.494 e. The first-order valence-corrected chi connectivity index (χ1v) is 6.08. The summed E-state index contributed by atoms with van der Waals surface area (Å²) in [5.74, 6) is 3.66. The average molecular weight is 214 g/mol. The fraction of sp³-hybridized carbons (Fsp3) is 0.467. The number of terminal acetylenes is 1. The van der Waals surface area contributed by atoms with Gasteiger partial charge >= 0.3 is 0 Å². The van der Waals surface area contributed by atoms with Gasteiger partial charge in [-0.05, 0) is 55.4 Å². The van der Waals surface area contributed by atoms with Crippen LogP contribution in [0.4, 0.5) is 0 Å². The van der Waals surface area contributed by atoms with Crippen molar-refractivity contribution in [3.05, 3.63) is 29.3 Å². The Morgan fingerprint density at radius 2 is 2.06 bits per heavy atom. The van der Waals surface area contributed by atoms with Crippen molar-refractivity contribution in [1.29, 1.82) is 0 Å². The monoisotopic (exact) mass is 214 g/mol. The molecule has 0 atom stereocenters. The van der Waals surface area contributed by atoms with Crippen LogP contribution in [0.5, 0.6) is 5.75 Å². The van der Waals surface area contributed by atoms with Gasteiger partial charge in [0, 0.05) is 6.42 Å². The summed E-state index contributed by atoms with van der Waals surface area (Å²) in [6.45, 7) is 0.778. The zero-order valence-electron chi connectivity index (χ0n) is 9.67. The third-order valence-electron chi connectivity index (χ3n) is 3.05. The maximum atomic E-state index is 5.71. The first-order chi connectivity index (χ1) is 7.90. The Morgan fingerprint density at radius 3 is 2.94 bits per heavy atom. The van der Waals surface area contributed by atoms with Crippen LogP contribution in [0, 0.1) is 12.3 Å². The number of hydrogen-bond donors (Lipinski definition) is 0. The Labute approximate surface area is 97.8 Å². The minimum atomic E-state index is 0.778. The molecular weight excluding hydrogens is 196 g/mol. The van der Waals surface area contributed by atoms with E-state index < -0.39 is 0 Å². The lowest BCUT2D eigenvalue weighted by atomic mass is 10.1. The van der Waals surface area contributed by atoms with Crippen molar-refractivity contribution in [3.63, 3.8) is 0 Å². The molecule has 2 rings (SSSR count). The number of unbranched alkanes of at least 4 members (excludes halogenated alkanes) is 2. The standard InChI is InChI=1S/C15H18O/c1-2-3-4-5-11-16-15-10-9-13-7-6-8-14(13)12-15/h1,9-10,12H,3-8,11H2. The Bertz CT molecular complexity index is 387. The van der Waals surface area contributed by atoms with Crippen LogP contribution in [-0.4, -0.2) is 6.61 Å². The molecule has 0 unspecified atom stereocenters. The lowest BCUT2D eigenvalue weighted by molar-refractivity contribution is 0.307. The Morgan fingerprint density at radius 1 is 1.19 bits per heavy atom. The molecule has 0 aromatic heterocycles. The second-order valence-electron chi connectivity index (χ2n) is 4.29. The molecule has 84 valence electrons. The van der Waals surface area contributed by atoms with Gasteiger partial charge in [0.1, 0.15) is 5.75 Å². The van der Waals surface area contributed by atoms with E-state index in [4.69, 9.17) is 11.2 Å². The zero-order valence-corrected chi connectivity index (χ0v) is 9.67. The molecule has 1 aromatic rings. The number of benzene rings is 1. The molecule has 0 heterocycles. The molecule has 1 aliphatic carbocycles. The highest BCUT2D eigenvalue weighted by molar-refractivity contribution is 5.38. The van der Waals surface area contributed by atoms with E-state index in [2.05, 4.69) is 24.1 Å². The van der Waals surface area contributed by atoms with Gasteiger partial charge in [0.25, 0.3) is 0 Å². The highest BCUT2D eigenvalue weighted by atomic mass is 16.5. The van der Waals surface area contributed by atoms with E-state index in [1.165, 1.54) is 30.4 Å². The van der Waals surface area contributed by atoms with Crippen LogP contribution in [-0.2, 0) is 12.8 Å². The molecule has 0 amide bonds. The maximum absolute atomic E-state index is 5.71. The lowest BCUT2D eigenvalue weighted by Crippen LogP contribution is -1.97. The summed E-state index contributed by atoms with van der Waals surface area (Å²) in [6, 6.07) is 6.49. The van der Waals surface area contributed by atoms with Crippen LogP contribution in [0.2, 0.25) is 0 Å². The fourth-order valence-corrected chi connectivity index (χ4v) is 2.16. The summed E-state index contributed by atoms with van der Waals surface area (Å²) in [5, 5.41) is 0. The number of ether oxygens (including phenoxy) is 1. The van der Waals surface area contributed by atoms with E-state index in [0.717, 1.165) is 31.6 Å². The van der Waals surface area contributed by atoms with Gasteiger partial charge in [0.15, 0.2) is 0 Å². The first kappa shape index (κ1) is 11.1. The van der Waals surface area contributed by atoms with E-state index in [1.54, 1.807) is 0 Å². The molecule has 0 saturated heterocycles. The molecule has 0 bridgehead atoms. The summed E-state index contributed by atoms with van der Waals surface area (Å²) in [6.07, 6.45) is 11.9. The molecule has 0 saturated carbocycles. The molecule has 0 fully saturated rings. The number of hydrogen-bond acceptors (Lipinski definition) is 1. The van der Waals surface area contributed by atoms with Crippen LogP contribution in [0.1, 0.15) is 36.8 Å². The number of fused-ring (bicyclic) bond motifs is 1. The second-order valence-corrected chi connectivity index (χ2v) is 4.29. The highest BCUT2D eigenvalue weighted by Gasteiger charge is 2.10. The minimum absolute atomic E-state index is 0.778. The van der Waals surface area contributed by atoms with Crippen molar-refractivity contribution in [3.8, 4) is 18.1 Å². The second kappa shape index (κ2) is 5.61. The van der Waals surface area contributed by atoms with Crippen molar-refractivity contribution in [2.24, 2.45) is 0 Å². The maximum Gasteiger partial charge on any atom is 0.119 e. The van der Waals surface area contributed by atoms with E-state index in [1.807, 2.05) is 0 Å². The molecule has 1 nitrogen and oxygen atoms in total. The van der Waals surface area contributed by atoms with Gasteiger partial charge in [-0.2, -0.15) is 0 Å². The normalized spacial score (nSPS) is 13.2. The summed E-state index contributed by atoms with van der Waals surface area (Å²) >= 11 is 0. The van der Waals surface area contributed by atoms with E-state index >= 15 is 0 Å². The molecule has 1 heteroatoms. The Hall–Kier alpha value is -1.42. The van der Waals surface area contributed by atoms with Crippen molar-refractivity contribution in [2.45, 2.75) is 38.5 Å². The van der Waals surface area contributed by atoms with Gasteiger partial charge in [-0.1, -0.05) is 6.07 Å². The van der Waals surface area contributed by atoms with Crippen molar-refractivity contribution >= 4 is 0 Å². The first-order valence-electron chi connectivity index (χ1n) is 6.08. The Balaban J connectivity index is 1.80. The van der Waals surface area contributed by atoms with Crippen molar-refractivity contribution in [2.75, 3.05) is 6.61 Å². The Kier molecular flexibility index (Phi) is 3.88. The van der Waals surface area contributed by atoms with Crippen LogP contribution in [0.15, 0.2) is 18.2 Å². The van der Waals surface area contributed by atoms with Crippen LogP contribution >= 0.6 is 0 Å². The van der Waals surface area contributed by atoms with Crippen LogP contribution in [0.25, 0.3) is 0 Å². The van der Waals surface area contributed by atoms with Gasteiger partial charge in [-0.3, -0.25) is 0 Å². The molecular formula is C15H18O. The third-order valence-corrected chi connectivity index (χ3v) is 3.05. The molecule has 1 aliphatic rings. The van der Waals surface area contributed by atoms with Gasteiger partial charge in [0.05, 0.1) is 6.61 Å². The molecule has 0 radical (unpaired) electrons. The summed E-state index contributed by atoms with van der Waals surface area (Å²) in [7, 11) is 0. The predicted molar refractivity (Wildman–Crippen MR) is 66.6 cm³/mol. The summed E-state index contributed by atoms with van der Waals surface area (Å²) in [5.41, 5.74) is 2.97. The molecule has 0 aliphatic heterocycles. The van der Waals surface area contributed by atoms with Gasteiger partial charge in [0.2, 0.25) is 0 Å². The van der Waals surface area contributed by atoms with Gasteiger partial charge in [-0.15, -0.1) is 12.3 Å². The highest BCUT2D eigenvalue weighted by Crippen LogP contribution is 2.26. The topological polar surface area (TPSA) is 9.23 Å². The van der Waals surface area contributed by atoms with E-state index in [0.29, 0.717) is 0 Å². The van der Waals surface area contributed by atoms with Crippen LogP contribution in [0.3, 0.4) is 0 Å². The fourth-order valence-electron chi connectivity index (χ4n) is 2.16. The van der Waals surface area contributed by atoms with Gasteiger partial charge < -0.3 is 4.74 Å². The molecule has 1 aromatic carbocycles. The third kappa shape index (κ3) is 2.79. The number of aryl methyl sites for hydroxylation is 2. The lowest BCUT2D eigenvalue weighted by Gasteiger charge is -2.07. The van der Waals surface area contributed by atoms with Gasteiger partial charge in [-0.25, -0.2) is 0 Å². The molecule has 0 N–H and O–H groups in total. The van der Waals surface area contributed by atoms with Crippen molar-refractivity contribution in [1.82, 2.24) is 0 Å². The quantitative estimate of drug-likeness (QED) is 0.539. The average Bonchev–Trinajstić information content (AvgIpc) is 2.76. The smallest absolute Gasteiger partial charge is 0.119 e. The summed E-state index contributed by atoms with van der Waals surface area (Å²) in [4.78, 5) is 0. The van der Waals surface area contributed by atoms with Crippen LogP contribution < -0.4 is 4.74 Å². The zero-order chi connectivity index (χ0) is 11.2. The molecule has 16 heavy (non-hydrogen) atoms. The van der Waals surface area contributed by atoms with E-state index in [-0.39, 0.29) is 0 Å². The summed E-state index contributed by atoms with van der Waals surface area (Å²) < 4.78 is 5.71. The number of rotatable bonds is 5.